The second-order valence-corrected chi connectivity index (χ2v) is 8.70. The van der Waals surface area contributed by atoms with Crippen molar-refractivity contribution in [1.29, 1.82) is 0 Å². The van der Waals surface area contributed by atoms with Crippen molar-refractivity contribution >= 4 is 11.8 Å². The molecule has 0 bridgehead atoms. The molecule has 4 heteroatoms. The zero-order valence-electron chi connectivity index (χ0n) is 19.0. The van der Waals surface area contributed by atoms with Gasteiger partial charge in [-0.1, -0.05) is 80.8 Å². The second kappa shape index (κ2) is 11.7. The van der Waals surface area contributed by atoms with Gasteiger partial charge in [0.1, 0.15) is 6.04 Å². The van der Waals surface area contributed by atoms with Crippen LogP contribution in [0.5, 0.6) is 0 Å². The van der Waals surface area contributed by atoms with Crippen LogP contribution in [0, 0.1) is 6.92 Å². The normalized spacial score (nSPS) is 15.3. The summed E-state index contributed by atoms with van der Waals surface area (Å²) in [7, 11) is 0. The van der Waals surface area contributed by atoms with Crippen molar-refractivity contribution in [3.8, 4) is 0 Å². The Morgan fingerprint density at radius 2 is 1.68 bits per heavy atom. The maximum atomic E-state index is 13.4. The highest BCUT2D eigenvalue weighted by Crippen LogP contribution is 2.20. The SMILES string of the molecule is CC[C@H](C(=O)NC1CCCCC1)N(Cc1ccccc1C)C(=O)CCc1ccccc1. The number of amides is 2. The molecule has 166 valence electrons. The number of hydrogen-bond donors (Lipinski definition) is 1. The van der Waals surface area contributed by atoms with E-state index in [1.807, 2.05) is 54.3 Å². The Kier molecular flexibility index (Phi) is 8.69. The zero-order valence-corrected chi connectivity index (χ0v) is 19.0. The van der Waals surface area contributed by atoms with Gasteiger partial charge in [-0.3, -0.25) is 9.59 Å². The lowest BCUT2D eigenvalue weighted by Crippen LogP contribution is -2.51. The summed E-state index contributed by atoms with van der Waals surface area (Å²) in [4.78, 5) is 28.4. The van der Waals surface area contributed by atoms with Crippen molar-refractivity contribution < 1.29 is 9.59 Å². The third-order valence-electron chi connectivity index (χ3n) is 6.41. The van der Waals surface area contributed by atoms with Crippen LogP contribution in [0.25, 0.3) is 0 Å². The van der Waals surface area contributed by atoms with Crippen molar-refractivity contribution in [2.45, 2.75) is 83.8 Å². The molecule has 2 amide bonds. The third kappa shape index (κ3) is 6.68. The van der Waals surface area contributed by atoms with Gasteiger partial charge >= 0.3 is 0 Å². The number of aryl methyl sites for hydroxylation is 2. The highest BCUT2D eigenvalue weighted by atomic mass is 16.2. The van der Waals surface area contributed by atoms with Crippen molar-refractivity contribution in [3.05, 3.63) is 71.3 Å². The highest BCUT2D eigenvalue weighted by Gasteiger charge is 2.30. The van der Waals surface area contributed by atoms with Crippen molar-refractivity contribution in [2.75, 3.05) is 0 Å². The minimum atomic E-state index is -0.440. The van der Waals surface area contributed by atoms with Gasteiger partial charge in [0.05, 0.1) is 0 Å². The van der Waals surface area contributed by atoms with E-state index in [0.29, 0.717) is 25.8 Å². The number of carbonyl (C=O) groups excluding carboxylic acids is 2. The van der Waals surface area contributed by atoms with Gasteiger partial charge in [0.2, 0.25) is 11.8 Å². The minimum Gasteiger partial charge on any atom is -0.352 e. The van der Waals surface area contributed by atoms with E-state index in [1.54, 1.807) is 0 Å². The molecule has 0 aromatic heterocycles. The maximum absolute atomic E-state index is 13.4. The van der Waals surface area contributed by atoms with Crippen LogP contribution in [0.2, 0.25) is 0 Å². The number of nitrogens with zero attached hydrogens (tertiary/aromatic N) is 1. The van der Waals surface area contributed by atoms with Crippen LogP contribution in [0.15, 0.2) is 54.6 Å². The monoisotopic (exact) mass is 420 g/mol. The molecule has 0 aliphatic heterocycles. The molecule has 1 aliphatic rings. The van der Waals surface area contributed by atoms with E-state index in [4.69, 9.17) is 0 Å². The van der Waals surface area contributed by atoms with Gasteiger partial charge in [-0.25, -0.2) is 0 Å². The van der Waals surface area contributed by atoms with Gasteiger partial charge in [-0.15, -0.1) is 0 Å². The molecular weight excluding hydrogens is 384 g/mol. The number of rotatable bonds is 9. The molecule has 31 heavy (non-hydrogen) atoms. The molecule has 0 radical (unpaired) electrons. The maximum Gasteiger partial charge on any atom is 0.243 e. The molecule has 3 rings (SSSR count). The van der Waals surface area contributed by atoms with Crippen LogP contribution in [-0.2, 0) is 22.6 Å². The summed E-state index contributed by atoms with van der Waals surface area (Å²) in [5, 5.41) is 3.25. The average Bonchev–Trinajstić information content (AvgIpc) is 2.80. The standard InChI is InChI=1S/C27H36N2O2/c1-3-25(27(31)28-24-16-8-5-9-17-24)29(20-23-15-11-10-12-21(23)2)26(30)19-18-22-13-6-4-7-14-22/h4,6-7,10-15,24-25H,3,5,8-9,16-20H2,1-2H3,(H,28,31)/t25-/m1/s1. The molecule has 1 N–H and O–H groups in total. The fourth-order valence-electron chi connectivity index (χ4n) is 4.47. The Hall–Kier alpha value is -2.62. The van der Waals surface area contributed by atoms with Crippen molar-refractivity contribution in [1.82, 2.24) is 10.2 Å². The lowest BCUT2D eigenvalue weighted by molar-refractivity contribution is -0.141. The van der Waals surface area contributed by atoms with Gasteiger partial charge in [0.25, 0.3) is 0 Å². The fourth-order valence-corrected chi connectivity index (χ4v) is 4.47. The summed E-state index contributed by atoms with van der Waals surface area (Å²) in [5.41, 5.74) is 3.39. The minimum absolute atomic E-state index is 0.00366. The van der Waals surface area contributed by atoms with E-state index >= 15 is 0 Å². The summed E-state index contributed by atoms with van der Waals surface area (Å²) in [6.07, 6.45) is 7.38. The van der Waals surface area contributed by atoms with Crippen LogP contribution in [0.3, 0.4) is 0 Å². The third-order valence-corrected chi connectivity index (χ3v) is 6.41. The van der Waals surface area contributed by atoms with Gasteiger partial charge in [0, 0.05) is 19.0 Å². The quantitative estimate of drug-likeness (QED) is 0.607. The number of carbonyl (C=O) groups is 2. The molecule has 2 aromatic carbocycles. The number of benzene rings is 2. The number of nitrogens with one attached hydrogen (secondary N) is 1. The Bertz CT molecular complexity index is 843. The smallest absolute Gasteiger partial charge is 0.243 e. The molecule has 2 aromatic rings. The van der Waals surface area contributed by atoms with Crippen LogP contribution in [0.4, 0.5) is 0 Å². The Morgan fingerprint density at radius 1 is 1.00 bits per heavy atom. The molecule has 0 spiro atoms. The predicted molar refractivity (Wildman–Crippen MR) is 126 cm³/mol. The molecule has 1 fully saturated rings. The van der Waals surface area contributed by atoms with Gasteiger partial charge < -0.3 is 10.2 Å². The fraction of sp³-hybridized carbons (Fsp3) is 0.481. The Labute approximate surface area is 187 Å². The van der Waals surface area contributed by atoms with Crippen molar-refractivity contribution in [2.24, 2.45) is 0 Å². The first kappa shape index (κ1) is 23.1. The molecule has 0 unspecified atom stereocenters. The molecular formula is C27H36N2O2. The van der Waals surface area contributed by atoms with E-state index in [0.717, 1.165) is 29.5 Å². The summed E-state index contributed by atoms with van der Waals surface area (Å²) in [5.74, 6) is 0.0359. The van der Waals surface area contributed by atoms with Crippen LogP contribution in [0.1, 0.15) is 68.6 Å². The predicted octanol–water partition coefficient (Wildman–Crippen LogP) is 5.18. The summed E-state index contributed by atoms with van der Waals surface area (Å²) < 4.78 is 0. The molecule has 1 saturated carbocycles. The summed E-state index contributed by atoms with van der Waals surface area (Å²) in [6, 6.07) is 18.0. The first-order valence-corrected chi connectivity index (χ1v) is 11.8. The van der Waals surface area contributed by atoms with E-state index in [-0.39, 0.29) is 17.9 Å². The van der Waals surface area contributed by atoms with Gasteiger partial charge in [-0.2, -0.15) is 0 Å². The average molecular weight is 421 g/mol. The molecule has 0 heterocycles. The van der Waals surface area contributed by atoms with E-state index in [2.05, 4.69) is 24.4 Å². The first-order chi connectivity index (χ1) is 15.1. The lowest BCUT2D eigenvalue weighted by Gasteiger charge is -2.33. The van der Waals surface area contributed by atoms with Crippen LogP contribution >= 0.6 is 0 Å². The second-order valence-electron chi connectivity index (χ2n) is 8.70. The largest absolute Gasteiger partial charge is 0.352 e. The molecule has 1 aliphatic carbocycles. The van der Waals surface area contributed by atoms with E-state index < -0.39 is 6.04 Å². The van der Waals surface area contributed by atoms with Crippen molar-refractivity contribution in [3.63, 3.8) is 0 Å². The topological polar surface area (TPSA) is 49.4 Å². The Morgan fingerprint density at radius 3 is 2.35 bits per heavy atom. The molecule has 4 nitrogen and oxygen atoms in total. The first-order valence-electron chi connectivity index (χ1n) is 11.8. The Balaban J connectivity index is 1.75. The number of hydrogen-bond acceptors (Lipinski definition) is 2. The molecule has 0 saturated heterocycles. The van der Waals surface area contributed by atoms with Gasteiger partial charge in [0.15, 0.2) is 0 Å². The van der Waals surface area contributed by atoms with Crippen LogP contribution < -0.4 is 5.32 Å². The lowest BCUT2D eigenvalue weighted by atomic mass is 9.95. The molecule has 1 atom stereocenters. The van der Waals surface area contributed by atoms with E-state index in [1.165, 1.54) is 19.3 Å². The summed E-state index contributed by atoms with van der Waals surface area (Å²) >= 11 is 0. The highest BCUT2D eigenvalue weighted by molar-refractivity contribution is 5.88. The zero-order chi connectivity index (χ0) is 22.1. The summed E-state index contributed by atoms with van der Waals surface area (Å²) in [6.45, 7) is 4.53. The van der Waals surface area contributed by atoms with Crippen LogP contribution in [-0.4, -0.2) is 28.8 Å². The van der Waals surface area contributed by atoms with E-state index in [9.17, 15) is 9.59 Å². The van der Waals surface area contributed by atoms with Gasteiger partial charge in [-0.05, 0) is 49.3 Å².